The van der Waals surface area contributed by atoms with Crippen LogP contribution in [0.2, 0.25) is 0 Å². The first-order chi connectivity index (χ1) is 16.2. The van der Waals surface area contributed by atoms with Crippen molar-refractivity contribution in [3.63, 3.8) is 0 Å². The molecule has 0 aliphatic heterocycles. The Morgan fingerprint density at radius 3 is 2.24 bits per heavy atom. The number of carbonyl (C=O) groups is 3. The number of nitrogens with one attached hydrogen (secondary N) is 1. The van der Waals surface area contributed by atoms with Gasteiger partial charge in [-0.25, -0.2) is 14.6 Å². The molecule has 4 rings (SSSR count). The third-order valence-electron chi connectivity index (χ3n) is 6.04. The van der Waals surface area contributed by atoms with Crippen molar-refractivity contribution in [1.82, 2.24) is 9.88 Å². The first kappa shape index (κ1) is 23.4. The zero-order valence-electron chi connectivity index (χ0n) is 19.1. The standard InChI is InChI=1S/C25H25N3O5S/c1-4-28(25(2,3)22(30)31)21(29)20-14-34-23(26-20)27-24(32)33-13-19-17-11-7-5-9-15(17)16-10-6-8-12-18(16)19/h5-12,14,19H,4,13H2,1-3H3,(H,30,31)(H,26,27,32). The maximum absolute atomic E-state index is 12.8. The molecule has 1 aromatic heterocycles. The fourth-order valence-corrected chi connectivity index (χ4v) is 4.87. The van der Waals surface area contributed by atoms with Gasteiger partial charge in [0.25, 0.3) is 5.91 Å². The summed E-state index contributed by atoms with van der Waals surface area (Å²) >= 11 is 1.07. The second-order valence-corrected chi connectivity index (χ2v) is 9.26. The molecule has 3 aromatic rings. The van der Waals surface area contributed by atoms with E-state index in [4.69, 9.17) is 4.74 Å². The number of aliphatic carboxylic acids is 1. The lowest BCUT2D eigenvalue weighted by atomic mass is 9.98. The molecular formula is C25H25N3O5S. The van der Waals surface area contributed by atoms with Gasteiger partial charge in [0.1, 0.15) is 17.8 Å². The summed E-state index contributed by atoms with van der Waals surface area (Å²) in [5.74, 6) is -1.70. The molecule has 0 unspecified atom stereocenters. The van der Waals surface area contributed by atoms with Crippen molar-refractivity contribution >= 4 is 34.4 Å². The molecule has 1 heterocycles. The number of ether oxygens (including phenoxy) is 1. The van der Waals surface area contributed by atoms with Gasteiger partial charge in [-0.15, -0.1) is 11.3 Å². The molecule has 0 saturated heterocycles. The van der Waals surface area contributed by atoms with Gasteiger partial charge in [-0.2, -0.15) is 0 Å². The fraction of sp³-hybridized carbons (Fsp3) is 0.280. The molecule has 8 nitrogen and oxygen atoms in total. The summed E-state index contributed by atoms with van der Waals surface area (Å²) in [5.41, 5.74) is 3.17. The molecule has 0 saturated carbocycles. The lowest BCUT2D eigenvalue weighted by molar-refractivity contribution is -0.147. The summed E-state index contributed by atoms with van der Waals surface area (Å²) in [6.07, 6.45) is -0.673. The minimum Gasteiger partial charge on any atom is -0.480 e. The Labute approximate surface area is 201 Å². The van der Waals surface area contributed by atoms with E-state index in [0.29, 0.717) is 0 Å². The van der Waals surface area contributed by atoms with Crippen LogP contribution in [0.5, 0.6) is 0 Å². The molecular weight excluding hydrogens is 454 g/mol. The summed E-state index contributed by atoms with van der Waals surface area (Å²) in [6, 6.07) is 16.1. The highest BCUT2D eigenvalue weighted by molar-refractivity contribution is 7.14. The van der Waals surface area contributed by atoms with Gasteiger partial charge in [-0.3, -0.25) is 10.1 Å². The van der Waals surface area contributed by atoms with Crippen molar-refractivity contribution < 1.29 is 24.2 Å². The van der Waals surface area contributed by atoms with Gasteiger partial charge in [-0.05, 0) is 43.0 Å². The van der Waals surface area contributed by atoms with E-state index < -0.39 is 23.5 Å². The van der Waals surface area contributed by atoms with Crippen LogP contribution in [-0.2, 0) is 9.53 Å². The van der Waals surface area contributed by atoms with Crippen molar-refractivity contribution in [3.05, 3.63) is 70.7 Å². The molecule has 1 aliphatic rings. The largest absolute Gasteiger partial charge is 0.480 e. The number of fused-ring (bicyclic) bond motifs is 3. The summed E-state index contributed by atoms with van der Waals surface area (Å²) in [6.45, 7) is 4.97. The van der Waals surface area contributed by atoms with E-state index in [1.54, 1.807) is 6.92 Å². The first-order valence-electron chi connectivity index (χ1n) is 10.9. The van der Waals surface area contributed by atoms with Gasteiger partial charge in [0.15, 0.2) is 5.13 Å². The molecule has 1 aliphatic carbocycles. The predicted octanol–water partition coefficient (Wildman–Crippen LogP) is 4.83. The Morgan fingerprint density at radius 1 is 1.09 bits per heavy atom. The maximum atomic E-state index is 12.8. The topological polar surface area (TPSA) is 109 Å². The number of aromatic nitrogens is 1. The number of benzene rings is 2. The molecule has 2 aromatic carbocycles. The van der Waals surface area contributed by atoms with Gasteiger partial charge in [0.05, 0.1) is 0 Å². The number of carboxylic acid groups (broad SMARTS) is 1. The van der Waals surface area contributed by atoms with Gasteiger partial charge < -0.3 is 14.7 Å². The zero-order chi connectivity index (χ0) is 24.5. The number of likely N-dealkylation sites (N-methyl/N-ethyl adjacent to an activating group) is 1. The average Bonchev–Trinajstić information content (AvgIpc) is 3.40. The SMILES string of the molecule is CCN(C(=O)c1csc(NC(=O)OCC2c3ccccc3-c3ccccc32)n1)C(C)(C)C(=O)O. The van der Waals surface area contributed by atoms with Crippen molar-refractivity contribution in [3.8, 4) is 11.1 Å². The molecule has 0 spiro atoms. The van der Waals surface area contributed by atoms with Crippen molar-refractivity contribution in [2.75, 3.05) is 18.5 Å². The third-order valence-corrected chi connectivity index (χ3v) is 6.79. The van der Waals surface area contributed by atoms with E-state index in [-0.39, 0.29) is 29.9 Å². The van der Waals surface area contributed by atoms with Gasteiger partial charge in [-0.1, -0.05) is 48.5 Å². The highest BCUT2D eigenvalue weighted by Gasteiger charge is 2.38. The van der Waals surface area contributed by atoms with Crippen LogP contribution in [0.15, 0.2) is 53.9 Å². The highest BCUT2D eigenvalue weighted by atomic mass is 32.1. The highest BCUT2D eigenvalue weighted by Crippen LogP contribution is 2.44. The minimum atomic E-state index is -1.39. The number of thiazole rings is 1. The smallest absolute Gasteiger partial charge is 0.413 e. The van der Waals surface area contributed by atoms with E-state index in [2.05, 4.69) is 22.4 Å². The third kappa shape index (κ3) is 4.26. The summed E-state index contributed by atoms with van der Waals surface area (Å²) < 4.78 is 5.51. The fourth-order valence-electron chi connectivity index (χ4n) is 4.20. The molecule has 0 bridgehead atoms. The number of anilines is 1. The van der Waals surface area contributed by atoms with Crippen LogP contribution in [0.1, 0.15) is 48.3 Å². The number of hydrogen-bond acceptors (Lipinski definition) is 6. The van der Waals surface area contributed by atoms with Crippen molar-refractivity contribution in [2.45, 2.75) is 32.2 Å². The van der Waals surface area contributed by atoms with E-state index >= 15 is 0 Å². The maximum Gasteiger partial charge on any atom is 0.413 e. The summed E-state index contributed by atoms with van der Waals surface area (Å²) in [5, 5.41) is 13.7. The Morgan fingerprint density at radius 2 is 1.68 bits per heavy atom. The molecule has 2 amide bonds. The molecule has 34 heavy (non-hydrogen) atoms. The van der Waals surface area contributed by atoms with Crippen molar-refractivity contribution in [2.24, 2.45) is 0 Å². The lowest BCUT2D eigenvalue weighted by Gasteiger charge is -2.33. The lowest BCUT2D eigenvalue weighted by Crippen LogP contribution is -2.53. The van der Waals surface area contributed by atoms with Gasteiger partial charge in [0.2, 0.25) is 0 Å². The molecule has 9 heteroatoms. The van der Waals surface area contributed by atoms with Crippen LogP contribution in [0.4, 0.5) is 9.93 Å². The molecule has 2 N–H and O–H groups in total. The normalized spacial score (nSPS) is 12.6. The number of carboxylic acids is 1. The Hall–Kier alpha value is -3.72. The van der Waals surface area contributed by atoms with Crippen molar-refractivity contribution in [1.29, 1.82) is 0 Å². The van der Waals surface area contributed by atoms with Gasteiger partial charge >= 0.3 is 12.1 Å². The van der Waals surface area contributed by atoms with Gasteiger partial charge in [0, 0.05) is 17.8 Å². The zero-order valence-corrected chi connectivity index (χ0v) is 19.9. The second-order valence-electron chi connectivity index (χ2n) is 8.40. The van der Waals surface area contributed by atoms with Crippen LogP contribution in [-0.4, -0.2) is 51.7 Å². The molecule has 0 fully saturated rings. The molecule has 176 valence electrons. The number of hydrogen-bond donors (Lipinski definition) is 2. The van der Waals surface area contributed by atoms with E-state index in [1.807, 2.05) is 36.4 Å². The number of rotatable bonds is 7. The quantitative estimate of drug-likeness (QED) is 0.502. The van der Waals surface area contributed by atoms with Crippen LogP contribution < -0.4 is 5.32 Å². The Kier molecular flexibility index (Phi) is 6.39. The van der Waals surface area contributed by atoms with Crippen LogP contribution in [0.25, 0.3) is 11.1 Å². The van der Waals surface area contributed by atoms with E-state index in [9.17, 15) is 19.5 Å². The minimum absolute atomic E-state index is 0.0649. The van der Waals surface area contributed by atoms with E-state index in [0.717, 1.165) is 33.6 Å². The number of amides is 2. The number of nitrogens with zero attached hydrogens (tertiary/aromatic N) is 2. The molecule has 0 radical (unpaired) electrons. The summed E-state index contributed by atoms with van der Waals surface area (Å²) in [4.78, 5) is 42.2. The predicted molar refractivity (Wildman–Crippen MR) is 129 cm³/mol. The van der Waals surface area contributed by atoms with Crippen LogP contribution >= 0.6 is 11.3 Å². The Bertz CT molecular complexity index is 1210. The average molecular weight is 480 g/mol. The number of carbonyl (C=O) groups excluding carboxylic acids is 2. The van der Waals surface area contributed by atoms with Crippen LogP contribution in [0, 0.1) is 0 Å². The van der Waals surface area contributed by atoms with Crippen LogP contribution in [0.3, 0.4) is 0 Å². The second kappa shape index (κ2) is 9.26. The summed E-state index contributed by atoms with van der Waals surface area (Å²) in [7, 11) is 0. The van der Waals surface area contributed by atoms with E-state index in [1.165, 1.54) is 24.1 Å². The molecule has 0 atom stereocenters. The Balaban J connectivity index is 1.42. The first-order valence-corrected chi connectivity index (χ1v) is 11.7. The monoisotopic (exact) mass is 479 g/mol.